The Hall–Kier alpha value is -2.36. The van der Waals surface area contributed by atoms with Crippen molar-refractivity contribution in [2.75, 3.05) is 0 Å². The van der Waals surface area contributed by atoms with Gasteiger partial charge in [-0.25, -0.2) is 9.59 Å². The molecule has 1 aromatic rings. The van der Waals surface area contributed by atoms with E-state index in [9.17, 15) is 9.59 Å². The topological polar surface area (TPSA) is 63.6 Å². The van der Waals surface area contributed by atoms with E-state index >= 15 is 0 Å². The average molecular weight is 260 g/mol. The molecule has 0 spiro atoms. The summed E-state index contributed by atoms with van der Waals surface area (Å²) in [5.74, 6) is -1.50. The van der Waals surface area contributed by atoms with Gasteiger partial charge in [-0.15, -0.1) is 0 Å². The lowest BCUT2D eigenvalue weighted by atomic mass is 10.00. The summed E-state index contributed by atoms with van der Waals surface area (Å²) in [7, 11) is 0. The van der Waals surface area contributed by atoms with Crippen molar-refractivity contribution >= 4 is 11.9 Å². The molecule has 0 saturated carbocycles. The highest BCUT2D eigenvalue weighted by Crippen LogP contribution is 2.15. The third-order valence-corrected chi connectivity index (χ3v) is 2.59. The van der Waals surface area contributed by atoms with Crippen LogP contribution < -0.4 is 0 Å². The lowest BCUT2D eigenvalue weighted by Gasteiger charge is -2.08. The highest BCUT2D eigenvalue weighted by molar-refractivity contribution is 5.91. The van der Waals surface area contributed by atoms with E-state index in [1.54, 1.807) is 6.07 Å². The first-order valence-electron chi connectivity index (χ1n) is 5.91. The van der Waals surface area contributed by atoms with Crippen LogP contribution in [0.5, 0.6) is 0 Å². The Labute approximate surface area is 112 Å². The average Bonchev–Trinajstić information content (AvgIpc) is 2.38. The maximum absolute atomic E-state index is 11.7. The second-order valence-electron chi connectivity index (χ2n) is 3.86. The van der Waals surface area contributed by atoms with Crippen LogP contribution in [-0.4, -0.2) is 17.0 Å². The summed E-state index contributed by atoms with van der Waals surface area (Å²) < 4.78 is 4.75. The van der Waals surface area contributed by atoms with Gasteiger partial charge in [0.05, 0.1) is 11.8 Å². The van der Waals surface area contributed by atoms with Gasteiger partial charge >= 0.3 is 11.9 Å². The number of carboxylic acids is 1. The molecule has 4 heteroatoms. The standard InChI is InChI=1S/C15H16O4/c1-3-11-8-9-13(15(18)19-4-2)12(10-11)6-5-7-14(16)17/h4-5,7-10H,2-3,6H2,1H3,(H,16,17)/b7-5+. The Morgan fingerprint density at radius 3 is 2.74 bits per heavy atom. The molecular weight excluding hydrogens is 244 g/mol. The number of rotatable bonds is 6. The monoisotopic (exact) mass is 260 g/mol. The van der Waals surface area contributed by atoms with Crippen molar-refractivity contribution in [2.45, 2.75) is 19.8 Å². The molecule has 0 aliphatic carbocycles. The van der Waals surface area contributed by atoms with Gasteiger partial charge < -0.3 is 9.84 Å². The minimum Gasteiger partial charge on any atom is -0.478 e. The largest absolute Gasteiger partial charge is 0.478 e. The number of carbonyl (C=O) groups is 2. The van der Waals surface area contributed by atoms with Crippen LogP contribution in [0.15, 0.2) is 43.2 Å². The van der Waals surface area contributed by atoms with E-state index in [4.69, 9.17) is 9.84 Å². The third kappa shape index (κ3) is 4.43. The summed E-state index contributed by atoms with van der Waals surface area (Å²) in [6, 6.07) is 5.42. The van der Waals surface area contributed by atoms with Gasteiger partial charge in [0, 0.05) is 6.08 Å². The Morgan fingerprint density at radius 1 is 1.42 bits per heavy atom. The number of ether oxygens (including phenoxy) is 1. The lowest BCUT2D eigenvalue weighted by Crippen LogP contribution is -2.05. The van der Waals surface area contributed by atoms with Crippen molar-refractivity contribution in [2.24, 2.45) is 0 Å². The van der Waals surface area contributed by atoms with Crippen LogP contribution in [-0.2, 0) is 22.4 Å². The Morgan fingerprint density at radius 2 is 2.16 bits per heavy atom. The number of allylic oxidation sites excluding steroid dienone is 1. The molecule has 0 amide bonds. The number of aryl methyl sites for hydroxylation is 1. The molecular formula is C15H16O4. The Kier molecular flexibility index (Phi) is 5.54. The highest BCUT2D eigenvalue weighted by Gasteiger charge is 2.11. The fourth-order valence-electron chi connectivity index (χ4n) is 1.66. The zero-order valence-electron chi connectivity index (χ0n) is 10.8. The number of benzene rings is 1. The minimum absolute atomic E-state index is 0.363. The fraction of sp³-hybridized carbons (Fsp3) is 0.200. The van der Waals surface area contributed by atoms with Crippen LogP contribution in [0.4, 0.5) is 0 Å². The Bertz CT molecular complexity index is 515. The molecule has 1 N–H and O–H groups in total. The van der Waals surface area contributed by atoms with E-state index in [1.807, 2.05) is 19.1 Å². The molecule has 100 valence electrons. The molecule has 0 aliphatic heterocycles. The van der Waals surface area contributed by atoms with Gasteiger partial charge in [0.2, 0.25) is 0 Å². The van der Waals surface area contributed by atoms with Crippen molar-refractivity contribution in [3.63, 3.8) is 0 Å². The molecule has 0 atom stereocenters. The molecule has 19 heavy (non-hydrogen) atoms. The van der Waals surface area contributed by atoms with Gasteiger partial charge in [-0.2, -0.15) is 0 Å². The van der Waals surface area contributed by atoms with Gasteiger partial charge in [0.25, 0.3) is 0 Å². The molecule has 0 bridgehead atoms. The molecule has 0 saturated heterocycles. The van der Waals surface area contributed by atoms with Crippen molar-refractivity contribution in [3.8, 4) is 0 Å². The summed E-state index contributed by atoms with van der Waals surface area (Å²) in [6.45, 7) is 5.35. The van der Waals surface area contributed by atoms with Crippen molar-refractivity contribution in [1.82, 2.24) is 0 Å². The zero-order valence-corrected chi connectivity index (χ0v) is 10.8. The molecule has 1 aromatic carbocycles. The number of carbonyl (C=O) groups excluding carboxylic acids is 1. The van der Waals surface area contributed by atoms with Gasteiger partial charge in [-0.05, 0) is 30.0 Å². The number of carboxylic acid groups (broad SMARTS) is 1. The Balaban J connectivity index is 3.05. The van der Waals surface area contributed by atoms with Gasteiger partial charge in [-0.3, -0.25) is 0 Å². The maximum Gasteiger partial charge on any atom is 0.343 e. The summed E-state index contributed by atoms with van der Waals surface area (Å²) in [5.41, 5.74) is 2.24. The number of aliphatic carboxylic acids is 1. The van der Waals surface area contributed by atoms with Crippen LogP contribution in [0.1, 0.15) is 28.4 Å². The number of hydrogen-bond donors (Lipinski definition) is 1. The third-order valence-electron chi connectivity index (χ3n) is 2.59. The van der Waals surface area contributed by atoms with E-state index < -0.39 is 11.9 Å². The van der Waals surface area contributed by atoms with Crippen molar-refractivity contribution in [3.05, 3.63) is 59.9 Å². The predicted octanol–water partition coefficient (Wildman–Crippen LogP) is 2.73. The zero-order chi connectivity index (χ0) is 14.3. The van der Waals surface area contributed by atoms with Gasteiger partial charge in [0.1, 0.15) is 0 Å². The van der Waals surface area contributed by atoms with Crippen molar-refractivity contribution in [1.29, 1.82) is 0 Å². The summed E-state index contributed by atoms with van der Waals surface area (Å²) in [6.07, 6.45) is 4.84. The van der Waals surface area contributed by atoms with Crippen LogP contribution in [0, 0.1) is 0 Å². The van der Waals surface area contributed by atoms with E-state index in [0.717, 1.165) is 29.9 Å². The van der Waals surface area contributed by atoms with Crippen LogP contribution in [0.25, 0.3) is 0 Å². The minimum atomic E-state index is -1.01. The molecule has 0 fully saturated rings. The smallest absolute Gasteiger partial charge is 0.343 e. The summed E-state index contributed by atoms with van der Waals surface area (Å²) in [4.78, 5) is 22.2. The van der Waals surface area contributed by atoms with Gasteiger partial charge in [0.15, 0.2) is 0 Å². The molecule has 0 radical (unpaired) electrons. The SMILES string of the molecule is C=COC(=O)c1ccc(CC)cc1C/C=C/C(=O)O. The van der Waals surface area contributed by atoms with Crippen LogP contribution in [0.2, 0.25) is 0 Å². The highest BCUT2D eigenvalue weighted by atomic mass is 16.5. The number of hydrogen-bond acceptors (Lipinski definition) is 3. The van der Waals surface area contributed by atoms with E-state index in [1.165, 1.54) is 6.08 Å². The summed E-state index contributed by atoms with van der Waals surface area (Å²) in [5, 5.41) is 8.56. The first-order valence-corrected chi connectivity index (χ1v) is 5.91. The first kappa shape index (κ1) is 14.7. The normalized spacial score (nSPS) is 10.4. The fourth-order valence-corrected chi connectivity index (χ4v) is 1.66. The first-order chi connectivity index (χ1) is 9.08. The second-order valence-corrected chi connectivity index (χ2v) is 3.86. The van der Waals surface area contributed by atoms with E-state index in [0.29, 0.717) is 12.0 Å². The molecule has 4 nitrogen and oxygen atoms in total. The molecule has 0 aliphatic rings. The van der Waals surface area contributed by atoms with E-state index in [-0.39, 0.29) is 0 Å². The maximum atomic E-state index is 11.7. The molecule has 0 aromatic heterocycles. The molecule has 0 heterocycles. The lowest BCUT2D eigenvalue weighted by molar-refractivity contribution is -0.131. The van der Waals surface area contributed by atoms with Crippen molar-refractivity contribution < 1.29 is 19.4 Å². The van der Waals surface area contributed by atoms with Gasteiger partial charge in [-0.1, -0.05) is 31.7 Å². The molecule has 1 rings (SSSR count). The quantitative estimate of drug-likeness (QED) is 0.485. The second kappa shape index (κ2) is 7.16. The molecule has 0 unspecified atom stereocenters. The number of esters is 1. The van der Waals surface area contributed by atoms with Crippen LogP contribution in [0.3, 0.4) is 0 Å². The van der Waals surface area contributed by atoms with E-state index in [2.05, 4.69) is 6.58 Å². The predicted molar refractivity (Wildman–Crippen MR) is 71.9 cm³/mol. The summed E-state index contributed by atoms with van der Waals surface area (Å²) >= 11 is 0. The van der Waals surface area contributed by atoms with Crippen LogP contribution >= 0.6 is 0 Å².